The van der Waals surface area contributed by atoms with Crippen molar-refractivity contribution in [3.05, 3.63) is 35.0 Å². The topological polar surface area (TPSA) is 111 Å². The van der Waals surface area contributed by atoms with Crippen LogP contribution < -0.4 is 16.2 Å². The predicted octanol–water partition coefficient (Wildman–Crippen LogP) is 2.21. The van der Waals surface area contributed by atoms with Crippen LogP contribution in [0.1, 0.15) is 48.5 Å². The van der Waals surface area contributed by atoms with E-state index in [-0.39, 0.29) is 6.10 Å². The third-order valence-electron chi connectivity index (χ3n) is 7.12. The summed E-state index contributed by atoms with van der Waals surface area (Å²) in [6, 6.07) is 3.44. The quantitative estimate of drug-likeness (QED) is 0.306. The van der Waals surface area contributed by atoms with E-state index < -0.39 is 5.91 Å². The molecule has 1 aromatic rings. The molecule has 3 aliphatic rings. The Kier molecular flexibility index (Phi) is 8.11. The Morgan fingerprint density at radius 2 is 1.97 bits per heavy atom. The van der Waals surface area contributed by atoms with E-state index in [1.54, 1.807) is 12.1 Å². The number of carbonyl (C=O) groups excluding carboxylic acids is 2. The van der Waals surface area contributed by atoms with Gasteiger partial charge < -0.3 is 25.8 Å². The number of hydrogen-bond acceptors (Lipinski definition) is 7. The molecule has 8 nitrogen and oxygen atoms in total. The molecule has 0 spiro atoms. The van der Waals surface area contributed by atoms with E-state index in [2.05, 4.69) is 15.9 Å². The molecule has 2 saturated heterocycles. The van der Waals surface area contributed by atoms with Gasteiger partial charge in [0.1, 0.15) is 5.75 Å². The summed E-state index contributed by atoms with van der Waals surface area (Å²) in [4.78, 5) is 28.2. The van der Waals surface area contributed by atoms with Crippen LogP contribution in [0.3, 0.4) is 0 Å². The Bertz CT molecular complexity index is 906. The molecule has 0 aromatic heterocycles. The maximum absolute atomic E-state index is 11.9. The Morgan fingerprint density at radius 1 is 1.21 bits per heavy atom. The van der Waals surface area contributed by atoms with Gasteiger partial charge in [0.05, 0.1) is 30.6 Å². The first kappa shape index (κ1) is 24.5. The van der Waals surface area contributed by atoms with Gasteiger partial charge >= 0.3 is 0 Å². The summed E-state index contributed by atoms with van der Waals surface area (Å²) in [5.74, 6) is 1.15. The van der Waals surface area contributed by atoms with Gasteiger partial charge in [0.25, 0.3) is 5.91 Å². The van der Waals surface area contributed by atoms with Crippen molar-refractivity contribution in [2.24, 2.45) is 17.6 Å². The molecule has 4 N–H and O–H groups in total. The molecular formula is C26H38N4O4. The standard InChI is InChI=1S/C26H38N4O4/c1-2-33-25-14-24(27)20(13-23(25)26(28)32)12-22-16-29(9-10-34-22)15-19-5-7-30(8-6-19)21(17-31)11-18-3-4-18/h11,13-14,17-19,22H,2-10,12,15-16,27H2,1H3,(H2,28,32). The zero-order chi connectivity index (χ0) is 24.1. The minimum absolute atomic E-state index is 0.0120. The van der Waals surface area contributed by atoms with Crippen molar-refractivity contribution in [1.29, 1.82) is 0 Å². The molecule has 2 aliphatic heterocycles. The SMILES string of the molecule is CCOc1cc(N)c(CC2CN(CC3CCN(C(C=O)=CC4CC4)CC3)CCO2)cc1C(N)=O. The van der Waals surface area contributed by atoms with E-state index in [1.165, 1.54) is 12.8 Å². The molecule has 1 amide bonds. The van der Waals surface area contributed by atoms with Crippen molar-refractivity contribution < 1.29 is 19.1 Å². The largest absolute Gasteiger partial charge is 0.493 e. The molecule has 0 bridgehead atoms. The summed E-state index contributed by atoms with van der Waals surface area (Å²) >= 11 is 0. The van der Waals surface area contributed by atoms with Crippen molar-refractivity contribution >= 4 is 17.9 Å². The number of nitrogen functional groups attached to an aromatic ring is 1. The molecular weight excluding hydrogens is 432 g/mol. The number of morpholine rings is 1. The van der Waals surface area contributed by atoms with Gasteiger partial charge in [-0.25, -0.2) is 0 Å². The Balaban J connectivity index is 1.31. The highest BCUT2D eigenvalue weighted by Crippen LogP contribution is 2.32. The Hall–Kier alpha value is -2.58. The van der Waals surface area contributed by atoms with Crippen LogP contribution in [0.5, 0.6) is 5.75 Å². The molecule has 186 valence electrons. The van der Waals surface area contributed by atoms with Crippen LogP contribution in [-0.2, 0) is 16.0 Å². The number of ether oxygens (including phenoxy) is 2. The number of piperidine rings is 1. The Labute approximate surface area is 202 Å². The van der Waals surface area contributed by atoms with E-state index in [9.17, 15) is 9.59 Å². The number of nitrogens with zero attached hydrogens (tertiary/aromatic N) is 2. The molecule has 1 unspecified atom stereocenters. The molecule has 1 atom stereocenters. The third kappa shape index (κ3) is 6.30. The summed E-state index contributed by atoms with van der Waals surface area (Å²) in [6.45, 7) is 7.68. The number of carbonyl (C=O) groups is 2. The number of allylic oxidation sites excluding steroid dienone is 2. The average Bonchev–Trinajstić information content (AvgIpc) is 3.64. The number of nitrogens with two attached hydrogens (primary N) is 2. The maximum Gasteiger partial charge on any atom is 0.252 e. The average molecular weight is 471 g/mol. The first-order chi connectivity index (χ1) is 16.5. The van der Waals surface area contributed by atoms with Gasteiger partial charge in [-0.3, -0.25) is 14.5 Å². The molecule has 1 saturated carbocycles. The summed E-state index contributed by atoms with van der Waals surface area (Å²) in [6.07, 6.45) is 8.48. The molecule has 3 fully saturated rings. The Morgan fingerprint density at radius 3 is 2.62 bits per heavy atom. The fourth-order valence-corrected chi connectivity index (χ4v) is 5.06. The molecule has 2 heterocycles. The molecule has 1 aromatic carbocycles. The lowest BCUT2D eigenvalue weighted by Gasteiger charge is -2.39. The van der Waals surface area contributed by atoms with E-state index in [1.807, 2.05) is 6.92 Å². The fraction of sp³-hybridized carbons (Fsp3) is 0.615. The fourth-order valence-electron chi connectivity index (χ4n) is 5.06. The van der Waals surface area contributed by atoms with Gasteiger partial charge in [-0.2, -0.15) is 0 Å². The van der Waals surface area contributed by atoms with Gasteiger partial charge in [-0.1, -0.05) is 6.08 Å². The molecule has 0 radical (unpaired) electrons. The maximum atomic E-state index is 11.9. The van der Waals surface area contributed by atoms with Gasteiger partial charge in [0.2, 0.25) is 0 Å². The first-order valence-electron chi connectivity index (χ1n) is 12.6. The normalized spacial score (nSPS) is 22.6. The lowest BCUT2D eigenvalue weighted by molar-refractivity contribution is -0.106. The monoisotopic (exact) mass is 470 g/mol. The third-order valence-corrected chi connectivity index (χ3v) is 7.12. The minimum atomic E-state index is -0.521. The lowest BCUT2D eigenvalue weighted by Crippen LogP contribution is -2.46. The van der Waals surface area contributed by atoms with Crippen molar-refractivity contribution in [2.75, 3.05) is 51.7 Å². The predicted molar refractivity (Wildman–Crippen MR) is 132 cm³/mol. The van der Waals surface area contributed by atoms with Gasteiger partial charge in [0, 0.05) is 50.9 Å². The highest BCUT2D eigenvalue weighted by molar-refractivity contribution is 5.96. The van der Waals surface area contributed by atoms with Gasteiger partial charge in [0.15, 0.2) is 6.29 Å². The van der Waals surface area contributed by atoms with Gasteiger partial charge in [-0.15, -0.1) is 0 Å². The highest BCUT2D eigenvalue weighted by Gasteiger charge is 2.28. The number of likely N-dealkylation sites (tertiary alicyclic amines) is 1. The molecule has 34 heavy (non-hydrogen) atoms. The molecule has 8 heteroatoms. The summed E-state index contributed by atoms with van der Waals surface area (Å²) < 4.78 is 11.6. The number of rotatable bonds is 10. The van der Waals surface area contributed by atoms with E-state index in [0.717, 1.165) is 63.1 Å². The number of benzene rings is 1. The number of amides is 1. The zero-order valence-electron chi connectivity index (χ0n) is 20.2. The molecule has 4 rings (SSSR count). The lowest BCUT2D eigenvalue weighted by atomic mass is 9.95. The highest BCUT2D eigenvalue weighted by atomic mass is 16.5. The number of aldehydes is 1. The van der Waals surface area contributed by atoms with Crippen molar-refractivity contribution in [1.82, 2.24) is 9.80 Å². The zero-order valence-corrected chi connectivity index (χ0v) is 20.2. The van der Waals surface area contributed by atoms with Crippen LogP contribution in [0.2, 0.25) is 0 Å². The second-order valence-corrected chi connectivity index (χ2v) is 9.78. The first-order valence-corrected chi connectivity index (χ1v) is 12.6. The van der Waals surface area contributed by atoms with Crippen LogP contribution in [0.15, 0.2) is 23.9 Å². The van der Waals surface area contributed by atoms with Crippen molar-refractivity contribution in [3.63, 3.8) is 0 Å². The summed E-state index contributed by atoms with van der Waals surface area (Å²) in [5, 5.41) is 0. The minimum Gasteiger partial charge on any atom is -0.493 e. The van der Waals surface area contributed by atoms with Crippen molar-refractivity contribution in [3.8, 4) is 5.75 Å². The number of primary amides is 1. The van der Waals surface area contributed by atoms with Crippen LogP contribution in [0, 0.1) is 11.8 Å². The number of hydrogen-bond donors (Lipinski definition) is 2. The van der Waals surface area contributed by atoms with Crippen LogP contribution >= 0.6 is 0 Å². The van der Waals surface area contributed by atoms with Crippen LogP contribution in [-0.4, -0.2) is 74.0 Å². The van der Waals surface area contributed by atoms with Gasteiger partial charge in [-0.05, 0) is 56.1 Å². The second-order valence-electron chi connectivity index (χ2n) is 9.78. The van der Waals surface area contributed by atoms with Crippen LogP contribution in [0.4, 0.5) is 5.69 Å². The summed E-state index contributed by atoms with van der Waals surface area (Å²) in [5.41, 5.74) is 14.5. The van der Waals surface area contributed by atoms with Crippen molar-refractivity contribution in [2.45, 2.75) is 45.1 Å². The summed E-state index contributed by atoms with van der Waals surface area (Å²) in [7, 11) is 0. The van der Waals surface area contributed by atoms with E-state index in [0.29, 0.717) is 48.5 Å². The van der Waals surface area contributed by atoms with Crippen LogP contribution in [0.25, 0.3) is 0 Å². The second kappa shape index (κ2) is 11.2. The smallest absolute Gasteiger partial charge is 0.252 e. The van der Waals surface area contributed by atoms with E-state index >= 15 is 0 Å². The van der Waals surface area contributed by atoms with E-state index in [4.69, 9.17) is 20.9 Å². The molecule has 1 aliphatic carbocycles. The number of anilines is 1.